The second-order valence-electron chi connectivity index (χ2n) is 5.23. The zero-order valence-corrected chi connectivity index (χ0v) is 13.4. The molecule has 116 valence electrons. The topological polar surface area (TPSA) is 75.0 Å². The molecule has 23 heavy (non-hydrogen) atoms. The molecular formula is C17H15N3O2S. The van der Waals surface area contributed by atoms with Gasteiger partial charge in [0.05, 0.1) is 18.4 Å². The molecule has 0 saturated heterocycles. The molecule has 1 aliphatic carbocycles. The van der Waals surface area contributed by atoms with Gasteiger partial charge in [-0.25, -0.2) is 9.78 Å². The van der Waals surface area contributed by atoms with E-state index in [0.29, 0.717) is 17.1 Å². The van der Waals surface area contributed by atoms with Gasteiger partial charge in [-0.05, 0) is 37.1 Å². The van der Waals surface area contributed by atoms with Gasteiger partial charge in [0.25, 0.3) is 0 Å². The number of ether oxygens (including phenoxy) is 1. The van der Waals surface area contributed by atoms with Gasteiger partial charge in [-0.15, -0.1) is 11.3 Å². The molecule has 1 aliphatic rings. The van der Waals surface area contributed by atoms with Crippen molar-refractivity contribution in [2.75, 3.05) is 12.4 Å². The third-order valence-corrected chi connectivity index (χ3v) is 4.45. The Bertz CT molecular complexity index is 783. The standard InChI is InChI=1S/C17H15N3O2S/c1-22-17(21)12-4-6-14(7-5-12)19-9-13(8-18)16-20-15(10-23-16)11-2-3-11/h4-7,9-11,19H,2-3H2,1H3. The van der Waals surface area contributed by atoms with Crippen LogP contribution in [0.3, 0.4) is 0 Å². The number of anilines is 1. The lowest BCUT2D eigenvalue weighted by atomic mass is 10.2. The largest absolute Gasteiger partial charge is 0.465 e. The molecule has 1 aromatic heterocycles. The molecular weight excluding hydrogens is 310 g/mol. The fourth-order valence-electron chi connectivity index (χ4n) is 2.09. The number of aromatic nitrogens is 1. The van der Waals surface area contributed by atoms with Gasteiger partial charge >= 0.3 is 5.97 Å². The molecule has 1 heterocycles. The summed E-state index contributed by atoms with van der Waals surface area (Å²) in [7, 11) is 1.35. The van der Waals surface area contributed by atoms with Crippen LogP contribution < -0.4 is 5.32 Å². The van der Waals surface area contributed by atoms with Gasteiger partial charge in [-0.1, -0.05) is 0 Å². The summed E-state index contributed by atoms with van der Waals surface area (Å²) in [6.07, 6.45) is 4.03. The first-order valence-corrected chi connectivity index (χ1v) is 8.10. The zero-order valence-electron chi connectivity index (χ0n) is 12.6. The minimum Gasteiger partial charge on any atom is -0.465 e. The molecule has 1 aromatic carbocycles. The quantitative estimate of drug-likeness (QED) is 0.669. The van der Waals surface area contributed by atoms with E-state index in [0.717, 1.165) is 16.4 Å². The summed E-state index contributed by atoms with van der Waals surface area (Å²) in [5, 5.41) is 15.1. The molecule has 0 amide bonds. The first kappa shape index (κ1) is 15.3. The minimum atomic E-state index is -0.375. The highest BCUT2D eigenvalue weighted by Crippen LogP contribution is 2.40. The van der Waals surface area contributed by atoms with Crippen molar-refractivity contribution in [2.24, 2.45) is 0 Å². The van der Waals surface area contributed by atoms with Crippen molar-refractivity contribution in [2.45, 2.75) is 18.8 Å². The smallest absolute Gasteiger partial charge is 0.337 e. The van der Waals surface area contributed by atoms with E-state index in [9.17, 15) is 10.1 Å². The molecule has 3 rings (SSSR count). The number of nitrogens with one attached hydrogen (secondary N) is 1. The molecule has 5 nitrogen and oxygen atoms in total. The number of carbonyl (C=O) groups excluding carboxylic acids is 1. The molecule has 6 heteroatoms. The van der Waals surface area contributed by atoms with Crippen LogP contribution in [0.15, 0.2) is 35.8 Å². The average molecular weight is 325 g/mol. The van der Waals surface area contributed by atoms with Crippen molar-refractivity contribution < 1.29 is 9.53 Å². The molecule has 0 aliphatic heterocycles. The normalized spacial score (nSPS) is 14.2. The van der Waals surface area contributed by atoms with Crippen LogP contribution in [-0.4, -0.2) is 18.1 Å². The lowest BCUT2D eigenvalue weighted by Crippen LogP contribution is -2.00. The van der Waals surface area contributed by atoms with Gasteiger partial charge < -0.3 is 10.1 Å². The number of hydrogen-bond donors (Lipinski definition) is 1. The van der Waals surface area contributed by atoms with Crippen LogP contribution in [0.2, 0.25) is 0 Å². The summed E-state index contributed by atoms with van der Waals surface area (Å²) in [5.41, 5.74) is 2.86. The lowest BCUT2D eigenvalue weighted by Gasteiger charge is -2.03. The summed E-state index contributed by atoms with van der Waals surface area (Å²) in [4.78, 5) is 15.9. The van der Waals surface area contributed by atoms with E-state index in [1.54, 1.807) is 30.5 Å². The molecule has 0 radical (unpaired) electrons. The van der Waals surface area contributed by atoms with Crippen LogP contribution in [0.1, 0.15) is 39.8 Å². The van der Waals surface area contributed by atoms with E-state index in [-0.39, 0.29) is 5.97 Å². The van der Waals surface area contributed by atoms with Crippen molar-refractivity contribution >= 4 is 28.6 Å². The summed E-state index contributed by atoms with van der Waals surface area (Å²) < 4.78 is 4.66. The number of hydrogen-bond acceptors (Lipinski definition) is 6. The third kappa shape index (κ3) is 3.58. The molecule has 0 atom stereocenters. The number of nitrogens with zero attached hydrogens (tertiary/aromatic N) is 2. The minimum absolute atomic E-state index is 0.375. The predicted molar refractivity (Wildman–Crippen MR) is 89.1 cm³/mol. The Labute approximate surface area is 138 Å². The van der Waals surface area contributed by atoms with Crippen LogP contribution in [0.5, 0.6) is 0 Å². The average Bonchev–Trinajstić information content (AvgIpc) is 3.33. The first-order chi connectivity index (χ1) is 11.2. The Kier molecular flexibility index (Phi) is 4.40. The Hall–Kier alpha value is -2.65. The highest BCUT2D eigenvalue weighted by molar-refractivity contribution is 7.10. The summed E-state index contributed by atoms with van der Waals surface area (Å²) in [6.45, 7) is 0. The van der Waals surface area contributed by atoms with Crippen LogP contribution in [-0.2, 0) is 4.74 Å². The molecule has 1 N–H and O–H groups in total. The van der Waals surface area contributed by atoms with Crippen molar-refractivity contribution in [3.05, 3.63) is 52.1 Å². The van der Waals surface area contributed by atoms with Crippen molar-refractivity contribution in [3.8, 4) is 6.07 Å². The fourth-order valence-corrected chi connectivity index (χ4v) is 2.96. The van der Waals surface area contributed by atoms with Crippen molar-refractivity contribution in [1.82, 2.24) is 4.98 Å². The van der Waals surface area contributed by atoms with E-state index in [1.165, 1.54) is 31.3 Å². The lowest BCUT2D eigenvalue weighted by molar-refractivity contribution is 0.0601. The van der Waals surface area contributed by atoms with Gasteiger partial charge in [0.2, 0.25) is 0 Å². The molecule has 2 aromatic rings. The van der Waals surface area contributed by atoms with Crippen molar-refractivity contribution in [3.63, 3.8) is 0 Å². The number of benzene rings is 1. The van der Waals surface area contributed by atoms with Gasteiger partial charge in [-0.3, -0.25) is 0 Å². The molecule has 0 unspecified atom stereocenters. The van der Waals surface area contributed by atoms with Crippen LogP contribution in [0.25, 0.3) is 5.57 Å². The number of carbonyl (C=O) groups is 1. The van der Waals surface area contributed by atoms with Gasteiger partial charge in [0, 0.05) is 23.2 Å². The molecule has 1 saturated carbocycles. The van der Waals surface area contributed by atoms with Crippen LogP contribution in [0.4, 0.5) is 5.69 Å². The van der Waals surface area contributed by atoms with Gasteiger partial charge in [0.1, 0.15) is 16.6 Å². The summed E-state index contributed by atoms with van der Waals surface area (Å²) in [6, 6.07) is 9.03. The number of rotatable bonds is 5. The number of esters is 1. The maximum atomic E-state index is 11.4. The Morgan fingerprint density at radius 3 is 2.78 bits per heavy atom. The van der Waals surface area contributed by atoms with Gasteiger partial charge in [-0.2, -0.15) is 5.26 Å². The number of thiazole rings is 1. The second-order valence-corrected chi connectivity index (χ2v) is 6.09. The van der Waals surface area contributed by atoms with E-state index in [2.05, 4.69) is 21.1 Å². The number of allylic oxidation sites excluding steroid dienone is 1. The van der Waals surface area contributed by atoms with E-state index >= 15 is 0 Å². The monoisotopic (exact) mass is 325 g/mol. The maximum absolute atomic E-state index is 11.4. The SMILES string of the molecule is COC(=O)c1ccc(NC=C(C#N)c2nc(C3CC3)cs2)cc1. The Balaban J connectivity index is 1.71. The third-order valence-electron chi connectivity index (χ3n) is 3.56. The fraction of sp³-hybridized carbons (Fsp3) is 0.235. The summed E-state index contributed by atoms with van der Waals surface area (Å²) >= 11 is 1.49. The van der Waals surface area contributed by atoms with E-state index in [4.69, 9.17) is 0 Å². The zero-order chi connectivity index (χ0) is 16.2. The molecule has 0 bridgehead atoms. The molecule has 1 fully saturated rings. The highest BCUT2D eigenvalue weighted by Gasteiger charge is 2.26. The van der Waals surface area contributed by atoms with Crippen LogP contribution >= 0.6 is 11.3 Å². The second kappa shape index (κ2) is 6.63. The van der Waals surface area contributed by atoms with Crippen LogP contribution in [0, 0.1) is 11.3 Å². The Morgan fingerprint density at radius 1 is 1.43 bits per heavy atom. The predicted octanol–water partition coefficient (Wildman–Crippen LogP) is 3.78. The Morgan fingerprint density at radius 2 is 2.17 bits per heavy atom. The van der Waals surface area contributed by atoms with Crippen molar-refractivity contribution in [1.29, 1.82) is 5.26 Å². The highest BCUT2D eigenvalue weighted by atomic mass is 32.1. The van der Waals surface area contributed by atoms with E-state index in [1.807, 2.05) is 5.38 Å². The molecule has 0 spiro atoms. The first-order valence-electron chi connectivity index (χ1n) is 7.22. The van der Waals surface area contributed by atoms with Gasteiger partial charge in [0.15, 0.2) is 0 Å². The number of nitriles is 1. The maximum Gasteiger partial charge on any atom is 0.337 e. The number of methoxy groups -OCH3 is 1. The van der Waals surface area contributed by atoms with E-state index < -0.39 is 0 Å². The summed E-state index contributed by atoms with van der Waals surface area (Å²) in [5.74, 6) is 0.207.